The van der Waals surface area contributed by atoms with Crippen LogP contribution in [0.1, 0.15) is 11.3 Å². The number of rotatable bonds is 3. The standard InChI is InChI=1S/C13H11Cl2N3O/c1-7-4-8(13(16)17)5-12(18-7)19-11-3-2-9(14)6-10(11)15/h2-6H,1H3,(H3,16,17). The minimum absolute atomic E-state index is 0.0439. The zero-order chi connectivity index (χ0) is 14.0. The van der Waals surface area contributed by atoms with Gasteiger partial charge in [-0.3, -0.25) is 5.41 Å². The molecule has 4 nitrogen and oxygen atoms in total. The van der Waals surface area contributed by atoms with Gasteiger partial charge < -0.3 is 10.5 Å². The highest BCUT2D eigenvalue weighted by atomic mass is 35.5. The normalized spacial score (nSPS) is 10.3. The summed E-state index contributed by atoms with van der Waals surface area (Å²) < 4.78 is 5.58. The maximum Gasteiger partial charge on any atom is 0.220 e. The van der Waals surface area contributed by atoms with E-state index in [9.17, 15) is 0 Å². The molecular formula is C13H11Cl2N3O. The fourth-order valence-corrected chi connectivity index (χ4v) is 1.96. The average molecular weight is 296 g/mol. The average Bonchev–Trinajstić information content (AvgIpc) is 2.32. The van der Waals surface area contributed by atoms with Gasteiger partial charge in [0, 0.05) is 22.3 Å². The first-order valence-corrected chi connectivity index (χ1v) is 6.17. The third-order valence-corrected chi connectivity index (χ3v) is 2.88. The van der Waals surface area contributed by atoms with Crippen LogP contribution in [-0.4, -0.2) is 10.8 Å². The molecule has 0 aliphatic heterocycles. The Morgan fingerprint density at radius 3 is 2.63 bits per heavy atom. The highest BCUT2D eigenvalue weighted by Gasteiger charge is 2.08. The van der Waals surface area contributed by atoms with Gasteiger partial charge in [0.25, 0.3) is 0 Å². The van der Waals surface area contributed by atoms with Gasteiger partial charge in [-0.1, -0.05) is 23.2 Å². The van der Waals surface area contributed by atoms with Crippen LogP contribution in [0.4, 0.5) is 0 Å². The van der Waals surface area contributed by atoms with Crippen molar-refractivity contribution in [2.75, 3.05) is 0 Å². The Hall–Kier alpha value is -1.78. The van der Waals surface area contributed by atoms with Crippen LogP contribution in [0.2, 0.25) is 10.0 Å². The number of nitrogens with one attached hydrogen (secondary N) is 1. The minimum Gasteiger partial charge on any atom is -0.437 e. The van der Waals surface area contributed by atoms with Gasteiger partial charge >= 0.3 is 0 Å². The smallest absolute Gasteiger partial charge is 0.220 e. The minimum atomic E-state index is -0.0439. The highest BCUT2D eigenvalue weighted by Crippen LogP contribution is 2.31. The van der Waals surface area contributed by atoms with Gasteiger partial charge in [-0.25, -0.2) is 4.98 Å². The lowest BCUT2D eigenvalue weighted by Crippen LogP contribution is -2.11. The number of ether oxygens (including phenoxy) is 1. The Bertz CT molecular complexity index is 644. The molecule has 0 aliphatic rings. The molecule has 19 heavy (non-hydrogen) atoms. The summed E-state index contributed by atoms with van der Waals surface area (Å²) in [5.74, 6) is 0.727. The Labute approximate surface area is 120 Å². The summed E-state index contributed by atoms with van der Waals surface area (Å²) in [6.45, 7) is 1.79. The van der Waals surface area contributed by atoms with E-state index in [0.717, 1.165) is 0 Å². The molecule has 0 saturated heterocycles. The van der Waals surface area contributed by atoms with Crippen molar-refractivity contribution in [3.8, 4) is 11.6 Å². The molecule has 0 atom stereocenters. The fraction of sp³-hybridized carbons (Fsp3) is 0.0769. The van der Waals surface area contributed by atoms with Gasteiger partial charge in [-0.05, 0) is 31.2 Å². The molecule has 0 bridgehead atoms. The van der Waals surface area contributed by atoms with Gasteiger partial charge in [0.15, 0.2) is 0 Å². The van der Waals surface area contributed by atoms with Crippen molar-refractivity contribution in [2.45, 2.75) is 6.92 Å². The number of amidine groups is 1. The first-order chi connectivity index (χ1) is 8.95. The maximum absolute atomic E-state index is 7.43. The SMILES string of the molecule is Cc1cc(C(=N)N)cc(Oc2ccc(Cl)cc2Cl)n1. The van der Waals surface area contributed by atoms with Gasteiger partial charge in [-0.2, -0.15) is 0 Å². The van der Waals surface area contributed by atoms with Crippen LogP contribution in [0.5, 0.6) is 11.6 Å². The first kappa shape index (κ1) is 13.6. The van der Waals surface area contributed by atoms with E-state index in [-0.39, 0.29) is 5.84 Å². The molecule has 0 aliphatic carbocycles. The Balaban J connectivity index is 2.35. The van der Waals surface area contributed by atoms with Crippen molar-refractivity contribution in [1.29, 1.82) is 5.41 Å². The van der Waals surface area contributed by atoms with Gasteiger partial charge in [0.05, 0.1) is 5.02 Å². The molecule has 1 heterocycles. The van der Waals surface area contributed by atoms with Crippen molar-refractivity contribution in [3.05, 3.63) is 51.6 Å². The quantitative estimate of drug-likeness (QED) is 0.669. The molecule has 1 aromatic carbocycles. The van der Waals surface area contributed by atoms with Gasteiger partial charge in [-0.15, -0.1) is 0 Å². The van der Waals surface area contributed by atoms with E-state index in [2.05, 4.69) is 4.98 Å². The molecule has 0 unspecified atom stereocenters. The number of aryl methyl sites for hydroxylation is 1. The lowest BCUT2D eigenvalue weighted by atomic mass is 10.2. The number of hydrogen-bond acceptors (Lipinski definition) is 3. The second kappa shape index (κ2) is 5.47. The van der Waals surface area contributed by atoms with E-state index in [4.69, 9.17) is 39.1 Å². The number of pyridine rings is 1. The number of nitrogen functional groups attached to an aromatic ring is 1. The zero-order valence-corrected chi connectivity index (χ0v) is 11.6. The molecule has 0 amide bonds. The molecule has 0 fully saturated rings. The molecule has 3 N–H and O–H groups in total. The number of benzene rings is 1. The molecule has 98 valence electrons. The van der Waals surface area contributed by atoms with Crippen LogP contribution in [0, 0.1) is 12.3 Å². The van der Waals surface area contributed by atoms with Gasteiger partial charge in [0.1, 0.15) is 11.6 Å². The van der Waals surface area contributed by atoms with E-state index >= 15 is 0 Å². The van der Waals surface area contributed by atoms with E-state index < -0.39 is 0 Å². The molecule has 2 rings (SSSR count). The zero-order valence-electron chi connectivity index (χ0n) is 10.1. The second-order valence-electron chi connectivity index (χ2n) is 3.93. The summed E-state index contributed by atoms with van der Waals surface area (Å²) in [5.41, 5.74) is 6.70. The summed E-state index contributed by atoms with van der Waals surface area (Å²) in [5, 5.41) is 8.35. The molecule has 1 aromatic heterocycles. The van der Waals surface area contributed by atoms with E-state index in [1.165, 1.54) is 0 Å². The van der Waals surface area contributed by atoms with E-state index in [0.29, 0.717) is 32.9 Å². The van der Waals surface area contributed by atoms with Crippen LogP contribution in [-0.2, 0) is 0 Å². The molecule has 0 radical (unpaired) electrons. The maximum atomic E-state index is 7.43. The summed E-state index contributed by atoms with van der Waals surface area (Å²) in [6.07, 6.45) is 0. The summed E-state index contributed by atoms with van der Waals surface area (Å²) >= 11 is 11.8. The fourth-order valence-electron chi connectivity index (χ4n) is 1.52. The predicted octanol–water partition coefficient (Wildman–Crippen LogP) is 3.77. The molecule has 0 spiro atoms. The number of nitrogens with two attached hydrogens (primary N) is 1. The van der Waals surface area contributed by atoms with Crippen LogP contribution in [0.15, 0.2) is 30.3 Å². The summed E-state index contributed by atoms with van der Waals surface area (Å²) in [6, 6.07) is 8.20. The van der Waals surface area contributed by atoms with Crippen molar-refractivity contribution in [1.82, 2.24) is 4.98 Å². The van der Waals surface area contributed by atoms with Crippen LogP contribution >= 0.6 is 23.2 Å². The lowest BCUT2D eigenvalue weighted by Gasteiger charge is -2.09. The number of halogens is 2. The van der Waals surface area contributed by atoms with Crippen molar-refractivity contribution in [3.63, 3.8) is 0 Å². The molecule has 0 saturated carbocycles. The largest absolute Gasteiger partial charge is 0.437 e. The summed E-state index contributed by atoms with van der Waals surface area (Å²) in [7, 11) is 0. The van der Waals surface area contributed by atoms with Crippen molar-refractivity contribution >= 4 is 29.0 Å². The van der Waals surface area contributed by atoms with Crippen LogP contribution < -0.4 is 10.5 Å². The first-order valence-electron chi connectivity index (χ1n) is 5.41. The second-order valence-corrected chi connectivity index (χ2v) is 4.77. The van der Waals surface area contributed by atoms with Gasteiger partial charge in [0.2, 0.25) is 5.88 Å². The monoisotopic (exact) mass is 295 g/mol. The predicted molar refractivity (Wildman–Crippen MR) is 76.5 cm³/mol. The highest BCUT2D eigenvalue weighted by molar-refractivity contribution is 6.35. The summed E-state index contributed by atoms with van der Waals surface area (Å²) in [4.78, 5) is 4.21. The van der Waals surface area contributed by atoms with Crippen molar-refractivity contribution < 1.29 is 4.74 Å². The topological polar surface area (TPSA) is 72.0 Å². The molecule has 2 aromatic rings. The Morgan fingerprint density at radius 2 is 2.00 bits per heavy atom. The third-order valence-electron chi connectivity index (χ3n) is 2.35. The van der Waals surface area contributed by atoms with E-state index in [1.807, 2.05) is 0 Å². The van der Waals surface area contributed by atoms with E-state index in [1.54, 1.807) is 37.3 Å². The Kier molecular flexibility index (Phi) is 3.93. The molecule has 6 heteroatoms. The molecular weight excluding hydrogens is 285 g/mol. The Morgan fingerprint density at radius 1 is 1.26 bits per heavy atom. The lowest BCUT2D eigenvalue weighted by molar-refractivity contribution is 0.462. The van der Waals surface area contributed by atoms with Crippen molar-refractivity contribution in [2.24, 2.45) is 5.73 Å². The van der Waals surface area contributed by atoms with Crippen LogP contribution in [0.3, 0.4) is 0 Å². The number of nitrogens with zero attached hydrogens (tertiary/aromatic N) is 1. The number of hydrogen-bond donors (Lipinski definition) is 2. The van der Waals surface area contributed by atoms with Crippen LogP contribution in [0.25, 0.3) is 0 Å². The third kappa shape index (κ3) is 3.36. The number of aromatic nitrogens is 1.